The molecule has 1 aliphatic carbocycles. The summed E-state index contributed by atoms with van der Waals surface area (Å²) in [5.41, 5.74) is 6.13. The van der Waals surface area contributed by atoms with Gasteiger partial charge in [0, 0.05) is 24.4 Å². The lowest BCUT2D eigenvalue weighted by atomic mass is 10.3. The largest absolute Gasteiger partial charge is 0.309 e. The van der Waals surface area contributed by atoms with E-state index in [-0.39, 0.29) is 0 Å². The maximum atomic E-state index is 4.69. The first-order valence-corrected chi connectivity index (χ1v) is 8.92. The number of aryl methyl sites for hydroxylation is 1. The summed E-state index contributed by atoms with van der Waals surface area (Å²) in [6.07, 6.45) is 11.9. The molecule has 1 saturated carbocycles. The summed E-state index contributed by atoms with van der Waals surface area (Å²) in [7, 11) is 0. The minimum atomic E-state index is 0.516. The van der Waals surface area contributed by atoms with E-state index in [2.05, 4.69) is 25.2 Å². The molecule has 0 unspecified atom stereocenters. The fraction of sp³-hybridized carbons (Fsp3) is 0.211. The molecule has 0 aliphatic heterocycles. The number of nitrogens with one attached hydrogen (secondary N) is 1. The van der Waals surface area contributed by atoms with Crippen molar-refractivity contribution < 1.29 is 4.68 Å². The number of aromatic nitrogens is 7. The van der Waals surface area contributed by atoms with Crippen molar-refractivity contribution in [3.8, 4) is 17.2 Å². The van der Waals surface area contributed by atoms with Crippen LogP contribution in [0.15, 0.2) is 61.6 Å². The third-order valence-corrected chi connectivity index (χ3v) is 4.56. The molecule has 134 valence electrons. The monoisotopic (exact) mass is 359 g/mol. The van der Waals surface area contributed by atoms with Crippen LogP contribution in [0.3, 0.4) is 0 Å². The first-order chi connectivity index (χ1) is 13.3. The first kappa shape index (κ1) is 15.7. The molecule has 0 saturated heterocycles. The zero-order valence-electron chi connectivity index (χ0n) is 14.9. The summed E-state index contributed by atoms with van der Waals surface area (Å²) in [5, 5.41) is 8.30. The molecule has 0 radical (unpaired) electrons. The van der Waals surface area contributed by atoms with E-state index in [4.69, 9.17) is 4.98 Å². The smallest absolute Gasteiger partial charge is 0.202 e. The predicted molar refractivity (Wildman–Crippen MR) is 99.0 cm³/mol. The number of anilines is 1. The molecule has 1 aliphatic rings. The maximum absolute atomic E-state index is 4.69. The number of nitrogens with zero attached hydrogens (tertiary/aromatic N) is 7. The van der Waals surface area contributed by atoms with Crippen molar-refractivity contribution in [2.45, 2.75) is 25.8 Å². The Bertz CT molecular complexity index is 1080. The molecule has 0 aromatic carbocycles. The van der Waals surface area contributed by atoms with Crippen molar-refractivity contribution in [2.75, 3.05) is 5.43 Å². The molecule has 1 N–H and O–H groups in total. The predicted octanol–water partition coefficient (Wildman–Crippen LogP) is 2.33. The summed E-state index contributed by atoms with van der Waals surface area (Å²) < 4.78 is 5.97. The van der Waals surface area contributed by atoms with Crippen molar-refractivity contribution in [2.24, 2.45) is 0 Å². The molecule has 4 aromatic heterocycles. The highest BCUT2D eigenvalue weighted by Crippen LogP contribution is 2.37. The second kappa shape index (κ2) is 6.31. The summed E-state index contributed by atoms with van der Waals surface area (Å²) in [4.78, 5) is 8.95. The van der Waals surface area contributed by atoms with Crippen molar-refractivity contribution in [1.29, 1.82) is 0 Å². The van der Waals surface area contributed by atoms with E-state index in [1.807, 2.05) is 71.4 Å². The van der Waals surface area contributed by atoms with E-state index >= 15 is 0 Å². The second-order valence-corrected chi connectivity index (χ2v) is 6.70. The molecule has 0 atom stereocenters. The van der Waals surface area contributed by atoms with Gasteiger partial charge in [0.2, 0.25) is 12.4 Å². The lowest BCUT2D eigenvalue weighted by molar-refractivity contribution is -0.643. The molecule has 0 amide bonds. The van der Waals surface area contributed by atoms with Gasteiger partial charge in [0.25, 0.3) is 0 Å². The number of hydrogen-bond acceptors (Lipinski definition) is 5. The van der Waals surface area contributed by atoms with Gasteiger partial charge in [-0.05, 0) is 31.9 Å². The molecule has 4 aromatic rings. The van der Waals surface area contributed by atoms with Gasteiger partial charge in [0.1, 0.15) is 12.0 Å². The van der Waals surface area contributed by atoms with Crippen molar-refractivity contribution in [1.82, 2.24) is 29.3 Å². The zero-order chi connectivity index (χ0) is 18.2. The molecule has 1 fully saturated rings. The topological polar surface area (TPSA) is 77.3 Å². The SMILES string of the molecule is Cc1cn(-c2cc[n+](Nc3cccc(-c4nncn4C4CC4)n3)cc2)cn1. The molecule has 5 rings (SSSR count). The quantitative estimate of drug-likeness (QED) is 0.554. The number of rotatable bonds is 5. The molecule has 8 heteroatoms. The number of hydrogen-bond donors (Lipinski definition) is 1. The van der Waals surface area contributed by atoms with Gasteiger partial charge in [0.05, 0.1) is 17.7 Å². The molecule has 0 spiro atoms. The van der Waals surface area contributed by atoms with E-state index in [1.54, 1.807) is 6.33 Å². The Morgan fingerprint density at radius 1 is 1.11 bits per heavy atom. The fourth-order valence-electron chi connectivity index (χ4n) is 3.03. The summed E-state index contributed by atoms with van der Waals surface area (Å²) in [6, 6.07) is 10.4. The van der Waals surface area contributed by atoms with E-state index in [9.17, 15) is 0 Å². The van der Waals surface area contributed by atoms with E-state index in [1.165, 1.54) is 12.8 Å². The highest BCUT2D eigenvalue weighted by atomic mass is 15.4. The molecule has 0 bridgehead atoms. The van der Waals surface area contributed by atoms with Crippen LogP contribution in [0.5, 0.6) is 0 Å². The van der Waals surface area contributed by atoms with Crippen molar-refractivity contribution in [3.63, 3.8) is 0 Å². The van der Waals surface area contributed by atoms with Crippen LogP contribution in [-0.2, 0) is 0 Å². The average Bonchev–Trinajstić information content (AvgIpc) is 3.25. The van der Waals surface area contributed by atoms with Crippen LogP contribution in [0.2, 0.25) is 0 Å². The van der Waals surface area contributed by atoms with Gasteiger partial charge in [-0.15, -0.1) is 15.6 Å². The molecule has 8 nitrogen and oxygen atoms in total. The molecular weight excluding hydrogens is 340 g/mol. The van der Waals surface area contributed by atoms with Gasteiger partial charge < -0.3 is 9.13 Å². The van der Waals surface area contributed by atoms with Crippen LogP contribution in [0.4, 0.5) is 5.82 Å². The van der Waals surface area contributed by atoms with Crippen LogP contribution < -0.4 is 10.1 Å². The fourth-order valence-corrected chi connectivity index (χ4v) is 3.03. The maximum Gasteiger partial charge on any atom is 0.202 e. The number of pyridine rings is 2. The van der Waals surface area contributed by atoms with Gasteiger partial charge in [-0.2, -0.15) is 0 Å². The Kier molecular flexibility index (Phi) is 3.67. The van der Waals surface area contributed by atoms with Gasteiger partial charge in [-0.3, -0.25) is 0 Å². The summed E-state index contributed by atoms with van der Waals surface area (Å²) in [6.45, 7) is 1.98. The molecule has 4 heterocycles. The van der Waals surface area contributed by atoms with Crippen molar-refractivity contribution in [3.05, 3.63) is 67.3 Å². The Morgan fingerprint density at radius 2 is 1.96 bits per heavy atom. The Hall–Kier alpha value is -3.55. The van der Waals surface area contributed by atoms with E-state index in [0.29, 0.717) is 6.04 Å². The van der Waals surface area contributed by atoms with Crippen LogP contribution in [-0.4, -0.2) is 29.3 Å². The number of imidazole rings is 1. The third-order valence-electron chi connectivity index (χ3n) is 4.56. The Morgan fingerprint density at radius 3 is 2.70 bits per heavy atom. The highest BCUT2D eigenvalue weighted by Gasteiger charge is 2.27. The normalized spacial score (nSPS) is 13.7. The van der Waals surface area contributed by atoms with Crippen LogP contribution in [0, 0.1) is 6.92 Å². The van der Waals surface area contributed by atoms with Gasteiger partial charge >= 0.3 is 0 Å². The minimum Gasteiger partial charge on any atom is -0.309 e. The third kappa shape index (κ3) is 3.17. The minimum absolute atomic E-state index is 0.516. The van der Waals surface area contributed by atoms with Crippen LogP contribution >= 0.6 is 0 Å². The van der Waals surface area contributed by atoms with Gasteiger partial charge in [0.15, 0.2) is 11.6 Å². The molecule has 27 heavy (non-hydrogen) atoms. The molecular formula is C19H19N8+. The average molecular weight is 359 g/mol. The van der Waals surface area contributed by atoms with Gasteiger partial charge in [-0.25, -0.2) is 9.97 Å². The summed E-state index contributed by atoms with van der Waals surface area (Å²) in [5.74, 6) is 1.56. The second-order valence-electron chi connectivity index (χ2n) is 6.70. The zero-order valence-corrected chi connectivity index (χ0v) is 14.9. The summed E-state index contributed by atoms with van der Waals surface area (Å²) >= 11 is 0. The van der Waals surface area contributed by atoms with E-state index < -0.39 is 0 Å². The van der Waals surface area contributed by atoms with Crippen LogP contribution in [0.1, 0.15) is 24.6 Å². The van der Waals surface area contributed by atoms with Crippen molar-refractivity contribution >= 4 is 5.82 Å². The van der Waals surface area contributed by atoms with Crippen LogP contribution in [0.25, 0.3) is 17.2 Å². The highest BCUT2D eigenvalue weighted by molar-refractivity contribution is 5.53. The lowest BCUT2D eigenvalue weighted by Gasteiger charge is -2.06. The lowest BCUT2D eigenvalue weighted by Crippen LogP contribution is -2.41. The Balaban J connectivity index is 1.37. The Labute approximate surface area is 156 Å². The first-order valence-electron chi connectivity index (χ1n) is 8.92. The standard InChI is InChI=1S/C19H19N8/c1-14-11-25(12-20-14)15-7-9-26(10-8-15)24-18-4-2-3-17(22-18)19-23-21-13-27(19)16-5-6-16/h2-4,7-13,16H,5-6H2,1H3,(H,22,24)/q+1. The van der Waals surface area contributed by atoms with E-state index in [0.717, 1.165) is 28.7 Å². The van der Waals surface area contributed by atoms with Gasteiger partial charge in [-0.1, -0.05) is 10.7 Å².